The van der Waals surface area contributed by atoms with Crippen molar-refractivity contribution in [2.45, 2.75) is 24.8 Å². The summed E-state index contributed by atoms with van der Waals surface area (Å²) in [5.74, 6) is -0.753. The van der Waals surface area contributed by atoms with Gasteiger partial charge in [-0.25, -0.2) is 12.8 Å². The lowest BCUT2D eigenvalue weighted by molar-refractivity contribution is 0.571. The lowest BCUT2D eigenvalue weighted by atomic mass is 10.1. The highest BCUT2D eigenvalue weighted by Crippen LogP contribution is 2.25. The topological polar surface area (TPSA) is 74.8 Å². The third-order valence-electron chi connectivity index (χ3n) is 3.08. The second kappa shape index (κ2) is 6.36. The smallest absolute Gasteiger partial charge is 0.178 e. The van der Waals surface area contributed by atoms with Crippen LogP contribution in [0.2, 0.25) is 0 Å². The average Bonchev–Trinajstić information content (AvgIpc) is 2.86. The number of nitrogens with one attached hydrogen (secondary N) is 2. The van der Waals surface area contributed by atoms with Gasteiger partial charge >= 0.3 is 0 Å². The minimum Gasteiger partial charge on any atom is -0.313 e. The molecule has 0 saturated heterocycles. The van der Waals surface area contributed by atoms with E-state index >= 15 is 0 Å². The Morgan fingerprint density at radius 1 is 1.38 bits per heavy atom. The van der Waals surface area contributed by atoms with E-state index in [0.29, 0.717) is 17.8 Å². The van der Waals surface area contributed by atoms with Crippen LogP contribution in [0.1, 0.15) is 18.9 Å². The Balaban J connectivity index is 2.31. The molecule has 0 radical (unpaired) electrons. The summed E-state index contributed by atoms with van der Waals surface area (Å²) in [4.78, 5) is -0.295. The maximum atomic E-state index is 13.9. The second-order valence-electron chi connectivity index (χ2n) is 4.86. The molecular weight excluding hydrogens is 293 g/mol. The molecule has 0 unspecified atom stereocenters. The quantitative estimate of drug-likeness (QED) is 0.801. The van der Waals surface area contributed by atoms with E-state index in [-0.39, 0.29) is 4.90 Å². The Morgan fingerprint density at radius 3 is 2.76 bits per heavy atom. The summed E-state index contributed by atoms with van der Waals surface area (Å²) in [7, 11) is -3.56. The Bertz CT molecular complexity index is 726. The van der Waals surface area contributed by atoms with E-state index in [2.05, 4.69) is 22.4 Å². The van der Waals surface area contributed by atoms with Crippen LogP contribution in [-0.2, 0) is 16.4 Å². The first-order valence-corrected chi connectivity index (χ1v) is 8.55. The fraction of sp³-hybridized carbons (Fsp3) is 0.357. The number of aromatic nitrogens is 2. The molecule has 114 valence electrons. The van der Waals surface area contributed by atoms with Gasteiger partial charge in [-0.05, 0) is 25.1 Å². The van der Waals surface area contributed by atoms with Crippen LogP contribution in [0, 0.1) is 5.82 Å². The normalized spacial score (nSPS) is 11.8. The van der Waals surface area contributed by atoms with Crippen LogP contribution < -0.4 is 5.32 Å². The Kier molecular flexibility index (Phi) is 4.74. The predicted octanol–water partition coefficient (Wildman–Crippen LogP) is 2.12. The van der Waals surface area contributed by atoms with Gasteiger partial charge in [-0.3, -0.25) is 5.10 Å². The van der Waals surface area contributed by atoms with Gasteiger partial charge in [-0.15, -0.1) is 0 Å². The van der Waals surface area contributed by atoms with E-state index in [1.165, 1.54) is 12.1 Å². The van der Waals surface area contributed by atoms with Crippen molar-refractivity contribution in [1.29, 1.82) is 0 Å². The van der Waals surface area contributed by atoms with Crippen LogP contribution in [0.4, 0.5) is 4.39 Å². The molecular formula is C14H18FN3O2S. The molecule has 0 fully saturated rings. The maximum Gasteiger partial charge on any atom is 0.178 e. The zero-order chi connectivity index (χ0) is 15.5. The highest BCUT2D eigenvalue weighted by molar-refractivity contribution is 7.90. The van der Waals surface area contributed by atoms with E-state index in [0.717, 1.165) is 24.8 Å². The molecule has 0 aliphatic rings. The molecule has 0 aliphatic carbocycles. The van der Waals surface area contributed by atoms with Crippen LogP contribution >= 0.6 is 0 Å². The molecule has 1 heterocycles. The van der Waals surface area contributed by atoms with Crippen molar-refractivity contribution in [1.82, 2.24) is 15.5 Å². The van der Waals surface area contributed by atoms with Crippen LogP contribution in [0.25, 0.3) is 11.3 Å². The van der Waals surface area contributed by atoms with E-state index in [9.17, 15) is 12.8 Å². The standard InChI is InChI=1S/C14H18FN3O2S/c1-3-6-16-8-11-9-17-18-14(11)10-4-5-13(12(15)7-10)21(2,19)20/h4-5,7,9,16H,3,6,8H2,1-2H3,(H,17,18). The Hall–Kier alpha value is -1.73. The number of rotatable bonds is 6. The Labute approximate surface area is 123 Å². The maximum absolute atomic E-state index is 13.9. The van der Waals surface area contributed by atoms with Crippen LogP contribution in [0.3, 0.4) is 0 Å². The Morgan fingerprint density at radius 2 is 2.14 bits per heavy atom. The van der Waals surface area contributed by atoms with Crippen molar-refractivity contribution < 1.29 is 12.8 Å². The summed E-state index contributed by atoms with van der Waals surface area (Å²) in [5.41, 5.74) is 2.18. The van der Waals surface area contributed by atoms with Crippen molar-refractivity contribution in [2.24, 2.45) is 0 Å². The van der Waals surface area contributed by atoms with E-state index < -0.39 is 15.7 Å². The summed E-state index contributed by atoms with van der Waals surface area (Å²) in [6.07, 6.45) is 3.69. The minimum atomic E-state index is -3.56. The van der Waals surface area contributed by atoms with Crippen LogP contribution in [-0.4, -0.2) is 31.4 Å². The zero-order valence-electron chi connectivity index (χ0n) is 12.0. The molecule has 7 heteroatoms. The molecule has 0 amide bonds. The van der Waals surface area contributed by atoms with Gasteiger partial charge in [0.25, 0.3) is 0 Å². The summed E-state index contributed by atoms with van der Waals surface area (Å²) in [6.45, 7) is 3.57. The number of hydrogen-bond donors (Lipinski definition) is 2. The lowest BCUT2D eigenvalue weighted by Gasteiger charge is -2.07. The zero-order valence-corrected chi connectivity index (χ0v) is 12.8. The molecule has 5 nitrogen and oxygen atoms in total. The van der Waals surface area contributed by atoms with Gasteiger partial charge in [0.05, 0.1) is 11.9 Å². The third-order valence-corrected chi connectivity index (χ3v) is 4.21. The lowest BCUT2D eigenvalue weighted by Crippen LogP contribution is -2.13. The van der Waals surface area contributed by atoms with Crippen molar-refractivity contribution in [3.8, 4) is 11.3 Å². The number of sulfone groups is 1. The monoisotopic (exact) mass is 311 g/mol. The number of H-pyrrole nitrogens is 1. The fourth-order valence-corrected chi connectivity index (χ4v) is 2.78. The average molecular weight is 311 g/mol. The largest absolute Gasteiger partial charge is 0.313 e. The molecule has 21 heavy (non-hydrogen) atoms. The molecule has 0 aliphatic heterocycles. The summed E-state index contributed by atoms with van der Waals surface area (Å²) in [6, 6.07) is 4.08. The van der Waals surface area contributed by atoms with Gasteiger partial charge in [-0.1, -0.05) is 13.0 Å². The predicted molar refractivity (Wildman–Crippen MR) is 79.1 cm³/mol. The highest BCUT2D eigenvalue weighted by atomic mass is 32.2. The van der Waals surface area contributed by atoms with Crippen LogP contribution in [0.5, 0.6) is 0 Å². The first kappa shape index (κ1) is 15.7. The molecule has 2 aromatic rings. The number of nitrogens with zero attached hydrogens (tertiary/aromatic N) is 1. The van der Waals surface area contributed by atoms with E-state index in [1.807, 2.05) is 0 Å². The highest BCUT2D eigenvalue weighted by Gasteiger charge is 2.16. The molecule has 2 N–H and O–H groups in total. The van der Waals surface area contributed by atoms with E-state index in [4.69, 9.17) is 0 Å². The van der Waals surface area contributed by atoms with Gasteiger partial charge in [0, 0.05) is 23.9 Å². The SMILES string of the molecule is CCCNCc1cn[nH]c1-c1ccc(S(C)(=O)=O)c(F)c1. The molecule has 0 atom stereocenters. The van der Waals surface area contributed by atoms with Crippen molar-refractivity contribution in [2.75, 3.05) is 12.8 Å². The molecule has 2 rings (SSSR count). The van der Waals surface area contributed by atoms with Gasteiger partial charge in [-0.2, -0.15) is 5.10 Å². The molecule has 0 bridgehead atoms. The number of hydrogen-bond acceptors (Lipinski definition) is 4. The van der Waals surface area contributed by atoms with Crippen LogP contribution in [0.15, 0.2) is 29.3 Å². The van der Waals surface area contributed by atoms with Gasteiger partial charge in [0.15, 0.2) is 9.84 Å². The van der Waals surface area contributed by atoms with Crippen molar-refractivity contribution >= 4 is 9.84 Å². The number of aromatic amines is 1. The molecule has 1 aromatic heterocycles. The first-order valence-electron chi connectivity index (χ1n) is 6.66. The van der Waals surface area contributed by atoms with Gasteiger partial charge in [0.2, 0.25) is 0 Å². The van der Waals surface area contributed by atoms with Gasteiger partial charge < -0.3 is 5.32 Å². The molecule has 0 spiro atoms. The summed E-state index contributed by atoms with van der Waals surface area (Å²) < 4.78 is 36.8. The number of benzene rings is 1. The fourth-order valence-electron chi connectivity index (χ4n) is 2.05. The van der Waals surface area contributed by atoms with E-state index in [1.54, 1.807) is 12.3 Å². The third kappa shape index (κ3) is 3.68. The van der Waals surface area contributed by atoms with Crippen molar-refractivity contribution in [3.63, 3.8) is 0 Å². The number of halogens is 1. The van der Waals surface area contributed by atoms with Crippen molar-refractivity contribution in [3.05, 3.63) is 35.8 Å². The first-order chi connectivity index (χ1) is 9.93. The van der Waals surface area contributed by atoms with Gasteiger partial charge in [0.1, 0.15) is 10.7 Å². The molecule has 0 saturated carbocycles. The molecule has 1 aromatic carbocycles. The summed E-state index contributed by atoms with van der Waals surface area (Å²) >= 11 is 0. The summed E-state index contributed by atoms with van der Waals surface area (Å²) in [5, 5.41) is 10.0. The minimum absolute atomic E-state index is 0.295. The second-order valence-corrected chi connectivity index (χ2v) is 6.85.